The molecule has 0 radical (unpaired) electrons. The van der Waals surface area contributed by atoms with Gasteiger partial charge in [-0.25, -0.2) is 0 Å². The van der Waals surface area contributed by atoms with Crippen molar-refractivity contribution in [3.05, 3.63) is 71.6 Å². The summed E-state index contributed by atoms with van der Waals surface area (Å²) in [5.41, 5.74) is 5.43. The molecule has 0 spiro atoms. The third-order valence-electron chi connectivity index (χ3n) is 5.20. The average Bonchev–Trinajstić information content (AvgIpc) is 3.30. The number of hydrogen-bond donors (Lipinski definition) is 0. The topological polar surface area (TPSA) is 18.8 Å². The molecule has 0 N–H and O–H groups in total. The Kier molecular flexibility index (Phi) is 3.18. The monoisotopic (exact) mass is 315 g/mol. The van der Waals surface area contributed by atoms with Gasteiger partial charge < -0.3 is 4.90 Å². The summed E-state index contributed by atoms with van der Waals surface area (Å²) in [6.07, 6.45) is 6.77. The van der Waals surface area contributed by atoms with Gasteiger partial charge in [-0.05, 0) is 42.2 Å². The lowest BCUT2D eigenvalue weighted by Gasteiger charge is -2.38. The minimum Gasteiger partial charge on any atom is -0.316 e. The van der Waals surface area contributed by atoms with Crippen molar-refractivity contribution >= 4 is 17.2 Å². The first-order valence-corrected chi connectivity index (χ1v) is 8.89. The number of fused-ring (bicyclic) bond motifs is 2. The van der Waals surface area contributed by atoms with Crippen LogP contribution in [0.15, 0.2) is 65.4 Å². The lowest BCUT2D eigenvalue weighted by molar-refractivity contribution is 0.541. The lowest BCUT2D eigenvalue weighted by atomic mass is 9.95. The van der Waals surface area contributed by atoms with Crippen molar-refractivity contribution in [3.63, 3.8) is 0 Å². The largest absolute Gasteiger partial charge is 0.316 e. The zero-order valence-corrected chi connectivity index (χ0v) is 13.8. The van der Waals surface area contributed by atoms with E-state index >= 15 is 0 Å². The summed E-state index contributed by atoms with van der Waals surface area (Å²) in [4.78, 5) is 9.63. The van der Waals surface area contributed by atoms with E-state index < -0.39 is 0 Å². The Morgan fingerprint density at radius 1 is 0.875 bits per heavy atom. The Labute approximate surface area is 142 Å². The summed E-state index contributed by atoms with van der Waals surface area (Å²) in [6, 6.07) is 17.6. The van der Waals surface area contributed by atoms with E-state index in [-0.39, 0.29) is 0 Å². The Bertz CT molecular complexity index is 804. The molecule has 120 valence electrons. The zero-order chi connectivity index (χ0) is 15.9. The van der Waals surface area contributed by atoms with Crippen molar-refractivity contribution in [2.75, 3.05) is 18.0 Å². The Hall–Kier alpha value is -2.55. The molecule has 3 nitrogen and oxygen atoms in total. The minimum atomic E-state index is 0.978. The molecule has 3 heterocycles. The molecule has 0 aliphatic carbocycles. The Morgan fingerprint density at radius 2 is 1.58 bits per heavy atom. The highest BCUT2D eigenvalue weighted by molar-refractivity contribution is 5.88. The van der Waals surface area contributed by atoms with E-state index in [9.17, 15) is 0 Å². The van der Waals surface area contributed by atoms with Gasteiger partial charge in [0.25, 0.3) is 0 Å². The summed E-state index contributed by atoms with van der Waals surface area (Å²) in [5, 5.41) is 0. The van der Waals surface area contributed by atoms with Crippen molar-refractivity contribution in [3.8, 4) is 0 Å². The van der Waals surface area contributed by atoms with Crippen molar-refractivity contribution in [1.82, 2.24) is 4.90 Å². The molecule has 0 atom stereocenters. The van der Waals surface area contributed by atoms with Crippen LogP contribution < -0.4 is 4.90 Å². The standard InChI is InChI=1S/C21H21N3/c1-3-9-18-16(7-1)15-17-8-2-4-10-19(17)24(18)21-12-6-14-23(21)20-11-5-13-22-20/h1-4,7-10,12H,5-6,11,13-15H2. The van der Waals surface area contributed by atoms with E-state index in [1.807, 2.05) is 0 Å². The lowest BCUT2D eigenvalue weighted by Crippen LogP contribution is -2.36. The van der Waals surface area contributed by atoms with Crippen LogP contribution in [0.2, 0.25) is 0 Å². The van der Waals surface area contributed by atoms with E-state index in [4.69, 9.17) is 4.99 Å². The summed E-state index contributed by atoms with van der Waals surface area (Å²) >= 11 is 0. The van der Waals surface area contributed by atoms with Crippen molar-refractivity contribution < 1.29 is 0 Å². The number of benzene rings is 2. The molecule has 0 unspecified atom stereocenters. The predicted molar refractivity (Wildman–Crippen MR) is 98.8 cm³/mol. The fourth-order valence-electron chi connectivity index (χ4n) is 4.10. The second-order valence-corrected chi connectivity index (χ2v) is 6.67. The maximum absolute atomic E-state index is 4.75. The molecule has 0 amide bonds. The predicted octanol–water partition coefficient (Wildman–Crippen LogP) is 4.47. The molecule has 5 rings (SSSR count). The molecule has 3 aliphatic rings. The third kappa shape index (κ3) is 2.08. The van der Waals surface area contributed by atoms with Gasteiger partial charge in [-0.2, -0.15) is 0 Å². The number of hydrogen-bond acceptors (Lipinski definition) is 3. The van der Waals surface area contributed by atoms with Crippen LogP contribution in [0, 0.1) is 0 Å². The molecular weight excluding hydrogens is 294 g/mol. The van der Waals surface area contributed by atoms with Crippen LogP contribution in [0.3, 0.4) is 0 Å². The highest BCUT2D eigenvalue weighted by atomic mass is 15.4. The SMILES string of the molecule is C1=C(N2c3ccccc3Cc3ccccc32)N(C2=NCCC2)CC1. The number of amidine groups is 1. The van der Waals surface area contributed by atoms with Crippen LogP contribution in [-0.2, 0) is 6.42 Å². The summed E-state index contributed by atoms with van der Waals surface area (Å²) < 4.78 is 0. The number of anilines is 2. The number of nitrogens with zero attached hydrogens (tertiary/aromatic N) is 3. The van der Waals surface area contributed by atoms with Crippen molar-refractivity contribution in [2.45, 2.75) is 25.7 Å². The van der Waals surface area contributed by atoms with Gasteiger partial charge in [-0.1, -0.05) is 36.4 Å². The first kappa shape index (κ1) is 13.8. The normalized spacial score (nSPS) is 19.0. The maximum atomic E-state index is 4.75. The van der Waals surface area contributed by atoms with Gasteiger partial charge in [0.2, 0.25) is 0 Å². The van der Waals surface area contributed by atoms with Crippen LogP contribution in [0.5, 0.6) is 0 Å². The molecule has 0 fully saturated rings. The molecule has 0 aromatic heterocycles. The quantitative estimate of drug-likeness (QED) is 0.773. The average molecular weight is 315 g/mol. The molecule has 0 bridgehead atoms. The van der Waals surface area contributed by atoms with E-state index in [1.54, 1.807) is 0 Å². The Balaban J connectivity index is 1.65. The van der Waals surface area contributed by atoms with Gasteiger partial charge in [-0.15, -0.1) is 0 Å². The van der Waals surface area contributed by atoms with Crippen LogP contribution in [-0.4, -0.2) is 23.8 Å². The van der Waals surface area contributed by atoms with Gasteiger partial charge in [0, 0.05) is 25.9 Å². The molecule has 24 heavy (non-hydrogen) atoms. The van der Waals surface area contributed by atoms with Crippen LogP contribution in [0.4, 0.5) is 11.4 Å². The number of para-hydroxylation sites is 2. The summed E-state index contributed by atoms with van der Waals surface area (Å²) in [5.74, 6) is 2.55. The first-order chi connectivity index (χ1) is 11.9. The van der Waals surface area contributed by atoms with Gasteiger partial charge in [0.05, 0.1) is 11.4 Å². The molecule has 2 aromatic carbocycles. The Morgan fingerprint density at radius 3 is 2.25 bits per heavy atom. The fourth-order valence-corrected chi connectivity index (χ4v) is 4.10. The highest BCUT2D eigenvalue weighted by Gasteiger charge is 2.31. The fraction of sp³-hybridized carbons (Fsp3) is 0.286. The maximum Gasteiger partial charge on any atom is 0.114 e. The van der Waals surface area contributed by atoms with Gasteiger partial charge in [0.15, 0.2) is 0 Å². The molecule has 0 saturated carbocycles. The van der Waals surface area contributed by atoms with Gasteiger partial charge in [-0.3, -0.25) is 9.89 Å². The molecule has 3 aliphatic heterocycles. The summed E-state index contributed by atoms with van der Waals surface area (Å²) in [7, 11) is 0. The van der Waals surface area contributed by atoms with Crippen LogP contribution >= 0.6 is 0 Å². The van der Waals surface area contributed by atoms with Gasteiger partial charge in [0.1, 0.15) is 11.7 Å². The molecule has 2 aromatic rings. The molecule has 0 saturated heterocycles. The van der Waals surface area contributed by atoms with Crippen molar-refractivity contribution in [1.29, 1.82) is 0 Å². The molecular formula is C21H21N3. The van der Waals surface area contributed by atoms with E-state index in [0.29, 0.717) is 0 Å². The summed E-state index contributed by atoms with van der Waals surface area (Å²) in [6.45, 7) is 2.03. The van der Waals surface area contributed by atoms with Gasteiger partial charge >= 0.3 is 0 Å². The second kappa shape index (κ2) is 5.52. The molecule has 3 heteroatoms. The first-order valence-electron chi connectivity index (χ1n) is 8.89. The highest BCUT2D eigenvalue weighted by Crippen LogP contribution is 2.43. The number of rotatable bonds is 1. The third-order valence-corrected chi connectivity index (χ3v) is 5.20. The van der Waals surface area contributed by atoms with Crippen molar-refractivity contribution in [2.24, 2.45) is 4.99 Å². The van der Waals surface area contributed by atoms with E-state index in [0.717, 1.165) is 32.4 Å². The smallest absolute Gasteiger partial charge is 0.114 e. The van der Waals surface area contributed by atoms with Crippen LogP contribution in [0.25, 0.3) is 0 Å². The minimum absolute atomic E-state index is 0.978. The number of aliphatic imine (C=N–C) groups is 1. The van der Waals surface area contributed by atoms with Crippen LogP contribution in [0.1, 0.15) is 30.4 Å². The zero-order valence-electron chi connectivity index (χ0n) is 13.8. The van der Waals surface area contributed by atoms with E-state index in [1.165, 1.54) is 40.6 Å². The van der Waals surface area contributed by atoms with E-state index in [2.05, 4.69) is 64.4 Å². The second-order valence-electron chi connectivity index (χ2n) is 6.67.